The summed E-state index contributed by atoms with van der Waals surface area (Å²) in [5, 5.41) is 8.94. The van der Waals surface area contributed by atoms with Gasteiger partial charge in [0.05, 0.1) is 18.5 Å². The molecule has 0 aliphatic carbocycles. The minimum Gasteiger partial charge on any atom is -0.368 e. The molecule has 0 N–H and O–H groups in total. The minimum atomic E-state index is -0.404. The first-order chi connectivity index (χ1) is 14.0. The SMILES string of the molecule is CC(C(=O)N(CCC#N)c1ccc(F)cc1)N1CCN(C(=O)C2CCCO2)CC1. The molecule has 2 amide bonds. The summed E-state index contributed by atoms with van der Waals surface area (Å²) in [6.07, 6.45) is 1.57. The van der Waals surface area contributed by atoms with E-state index in [1.54, 1.807) is 12.1 Å². The van der Waals surface area contributed by atoms with Gasteiger partial charge < -0.3 is 14.5 Å². The molecule has 3 rings (SSSR count). The first-order valence-corrected chi connectivity index (χ1v) is 10.1. The molecule has 0 spiro atoms. The maximum absolute atomic E-state index is 13.3. The Kier molecular flexibility index (Phi) is 7.18. The van der Waals surface area contributed by atoms with Crippen LogP contribution in [0.4, 0.5) is 10.1 Å². The highest BCUT2D eigenvalue weighted by molar-refractivity contribution is 5.97. The molecule has 1 aromatic carbocycles. The number of hydrogen-bond acceptors (Lipinski definition) is 5. The molecule has 2 heterocycles. The summed E-state index contributed by atoms with van der Waals surface area (Å²) in [7, 11) is 0. The number of halogens is 1. The molecule has 2 aliphatic heterocycles. The molecule has 0 saturated carbocycles. The van der Waals surface area contributed by atoms with Gasteiger partial charge in [0.2, 0.25) is 5.91 Å². The van der Waals surface area contributed by atoms with Gasteiger partial charge in [-0.2, -0.15) is 5.26 Å². The highest BCUT2D eigenvalue weighted by Crippen LogP contribution is 2.20. The van der Waals surface area contributed by atoms with E-state index in [1.807, 2.05) is 16.7 Å². The fourth-order valence-electron chi connectivity index (χ4n) is 3.84. The van der Waals surface area contributed by atoms with Crippen LogP contribution in [-0.2, 0) is 14.3 Å². The summed E-state index contributed by atoms with van der Waals surface area (Å²) in [6.45, 7) is 5.05. The Morgan fingerprint density at radius 3 is 2.55 bits per heavy atom. The van der Waals surface area contributed by atoms with Crippen LogP contribution in [0.1, 0.15) is 26.2 Å². The molecule has 156 valence electrons. The van der Waals surface area contributed by atoms with Gasteiger partial charge in [0, 0.05) is 45.0 Å². The van der Waals surface area contributed by atoms with Crippen LogP contribution in [0.15, 0.2) is 24.3 Å². The van der Waals surface area contributed by atoms with E-state index in [0.717, 1.165) is 12.8 Å². The molecule has 1 aromatic rings. The van der Waals surface area contributed by atoms with Gasteiger partial charge in [0.15, 0.2) is 0 Å². The van der Waals surface area contributed by atoms with Crippen molar-refractivity contribution in [3.8, 4) is 6.07 Å². The van der Waals surface area contributed by atoms with Gasteiger partial charge in [-0.05, 0) is 44.0 Å². The van der Waals surface area contributed by atoms with Crippen LogP contribution >= 0.6 is 0 Å². The van der Waals surface area contributed by atoms with E-state index in [2.05, 4.69) is 6.07 Å². The first kappa shape index (κ1) is 21.2. The van der Waals surface area contributed by atoms with Gasteiger partial charge in [0.1, 0.15) is 11.9 Å². The number of rotatable bonds is 6. The number of nitrogens with zero attached hydrogens (tertiary/aromatic N) is 4. The molecule has 2 fully saturated rings. The molecular formula is C21H27FN4O3. The van der Waals surface area contributed by atoms with Crippen LogP contribution in [0.2, 0.25) is 0 Å². The quantitative estimate of drug-likeness (QED) is 0.725. The number of carbonyl (C=O) groups is 2. The Hall–Kier alpha value is -2.50. The van der Waals surface area contributed by atoms with Gasteiger partial charge in [0.25, 0.3) is 5.91 Å². The third-order valence-electron chi connectivity index (χ3n) is 5.59. The molecule has 2 atom stereocenters. The molecule has 2 aliphatic rings. The monoisotopic (exact) mass is 402 g/mol. The van der Waals surface area contributed by atoms with Crippen LogP contribution in [-0.4, -0.2) is 73.1 Å². The molecule has 2 saturated heterocycles. The molecule has 0 radical (unpaired) electrons. The van der Waals surface area contributed by atoms with E-state index in [4.69, 9.17) is 10.00 Å². The zero-order chi connectivity index (χ0) is 20.8. The van der Waals surface area contributed by atoms with Gasteiger partial charge in [-0.15, -0.1) is 0 Å². The summed E-state index contributed by atoms with van der Waals surface area (Å²) >= 11 is 0. The van der Waals surface area contributed by atoms with Crippen molar-refractivity contribution in [2.24, 2.45) is 0 Å². The highest BCUT2D eigenvalue weighted by Gasteiger charge is 2.33. The standard InChI is InChI=1S/C21H27FN4O3/c1-16(20(27)26(10-3-9-23)18-7-5-17(22)6-8-18)24-11-13-25(14-12-24)21(28)19-4-2-15-29-19/h5-8,16,19H,2-4,10-15H2,1H3. The van der Waals surface area contributed by atoms with Crippen LogP contribution in [0, 0.1) is 17.1 Å². The van der Waals surface area contributed by atoms with Crippen molar-refractivity contribution >= 4 is 17.5 Å². The second kappa shape index (κ2) is 9.81. The Labute approximate surface area is 170 Å². The summed E-state index contributed by atoms with van der Waals surface area (Å²) in [5.74, 6) is -0.463. The van der Waals surface area contributed by atoms with E-state index < -0.39 is 6.04 Å². The summed E-state index contributed by atoms with van der Waals surface area (Å²) in [5.41, 5.74) is 0.575. The predicted molar refractivity (Wildman–Crippen MR) is 106 cm³/mol. The van der Waals surface area contributed by atoms with Crippen LogP contribution in [0.3, 0.4) is 0 Å². The van der Waals surface area contributed by atoms with E-state index in [1.165, 1.54) is 17.0 Å². The Morgan fingerprint density at radius 1 is 1.28 bits per heavy atom. The number of piperazine rings is 1. The van der Waals surface area contributed by atoms with Crippen molar-refractivity contribution in [1.82, 2.24) is 9.80 Å². The third kappa shape index (κ3) is 5.11. The van der Waals surface area contributed by atoms with Crippen molar-refractivity contribution in [3.05, 3.63) is 30.1 Å². The van der Waals surface area contributed by atoms with Crippen molar-refractivity contribution in [2.75, 3.05) is 44.2 Å². The lowest BCUT2D eigenvalue weighted by atomic mass is 10.1. The van der Waals surface area contributed by atoms with Crippen LogP contribution in [0.25, 0.3) is 0 Å². The first-order valence-electron chi connectivity index (χ1n) is 10.1. The number of amides is 2. The van der Waals surface area contributed by atoms with E-state index >= 15 is 0 Å². The maximum Gasteiger partial charge on any atom is 0.251 e. The second-order valence-electron chi connectivity index (χ2n) is 7.41. The van der Waals surface area contributed by atoms with E-state index in [0.29, 0.717) is 38.5 Å². The Bertz CT molecular complexity index is 750. The van der Waals surface area contributed by atoms with Crippen LogP contribution < -0.4 is 4.90 Å². The number of nitriles is 1. The van der Waals surface area contributed by atoms with Crippen molar-refractivity contribution in [1.29, 1.82) is 5.26 Å². The lowest BCUT2D eigenvalue weighted by Crippen LogP contribution is -2.56. The average Bonchev–Trinajstić information content (AvgIpc) is 3.29. The van der Waals surface area contributed by atoms with Gasteiger partial charge >= 0.3 is 0 Å². The van der Waals surface area contributed by atoms with E-state index in [-0.39, 0.29) is 36.7 Å². The zero-order valence-electron chi connectivity index (χ0n) is 16.7. The molecule has 7 nitrogen and oxygen atoms in total. The van der Waals surface area contributed by atoms with Gasteiger partial charge in [-0.1, -0.05) is 0 Å². The topological polar surface area (TPSA) is 76.9 Å². The second-order valence-corrected chi connectivity index (χ2v) is 7.41. The van der Waals surface area contributed by atoms with Gasteiger partial charge in [-0.3, -0.25) is 14.5 Å². The van der Waals surface area contributed by atoms with Crippen molar-refractivity contribution in [2.45, 2.75) is 38.3 Å². The molecule has 2 unspecified atom stereocenters. The number of hydrogen-bond donors (Lipinski definition) is 0. The lowest BCUT2D eigenvalue weighted by Gasteiger charge is -2.39. The third-order valence-corrected chi connectivity index (χ3v) is 5.59. The fraction of sp³-hybridized carbons (Fsp3) is 0.571. The summed E-state index contributed by atoms with van der Waals surface area (Å²) in [4.78, 5) is 31.0. The number of anilines is 1. The van der Waals surface area contributed by atoms with Crippen LogP contribution in [0.5, 0.6) is 0 Å². The fourth-order valence-corrected chi connectivity index (χ4v) is 3.84. The molecule has 0 aromatic heterocycles. The minimum absolute atomic E-state index is 0.0445. The van der Waals surface area contributed by atoms with Crippen molar-refractivity contribution in [3.63, 3.8) is 0 Å². The normalized spacial score (nSPS) is 20.9. The Balaban J connectivity index is 1.61. The molecular weight excluding hydrogens is 375 g/mol. The largest absolute Gasteiger partial charge is 0.368 e. The predicted octanol–water partition coefficient (Wildman–Crippen LogP) is 1.78. The maximum atomic E-state index is 13.3. The number of carbonyl (C=O) groups excluding carboxylic acids is 2. The summed E-state index contributed by atoms with van der Waals surface area (Å²) in [6, 6.07) is 7.37. The highest BCUT2D eigenvalue weighted by atomic mass is 19.1. The Morgan fingerprint density at radius 2 is 1.97 bits per heavy atom. The average molecular weight is 402 g/mol. The molecule has 8 heteroatoms. The van der Waals surface area contributed by atoms with Crippen molar-refractivity contribution < 1.29 is 18.7 Å². The number of ether oxygens (including phenoxy) is 1. The number of benzene rings is 1. The smallest absolute Gasteiger partial charge is 0.251 e. The zero-order valence-corrected chi connectivity index (χ0v) is 16.7. The van der Waals surface area contributed by atoms with Gasteiger partial charge in [-0.25, -0.2) is 4.39 Å². The molecule has 29 heavy (non-hydrogen) atoms. The van der Waals surface area contributed by atoms with E-state index in [9.17, 15) is 14.0 Å². The lowest BCUT2D eigenvalue weighted by molar-refractivity contribution is -0.143. The summed E-state index contributed by atoms with van der Waals surface area (Å²) < 4.78 is 18.7. The molecule has 0 bridgehead atoms.